The van der Waals surface area contributed by atoms with Crippen molar-refractivity contribution in [2.75, 3.05) is 20.1 Å². The average Bonchev–Trinajstić information content (AvgIpc) is 2.39. The maximum absolute atomic E-state index is 3.56. The molecule has 108 valence electrons. The fourth-order valence-electron chi connectivity index (χ4n) is 2.33. The second-order valence-corrected chi connectivity index (χ2v) is 5.88. The minimum absolute atomic E-state index is 0.727. The van der Waals surface area contributed by atoms with E-state index in [1.54, 1.807) is 0 Å². The van der Waals surface area contributed by atoms with Crippen LogP contribution in [-0.4, -0.2) is 20.1 Å². The predicted octanol–water partition coefficient (Wildman–Crippen LogP) is 3.22. The summed E-state index contributed by atoms with van der Waals surface area (Å²) in [4.78, 5) is 0. The summed E-state index contributed by atoms with van der Waals surface area (Å²) in [5.41, 5.74) is 2.83. The molecule has 1 aromatic carbocycles. The van der Waals surface area contributed by atoms with E-state index in [9.17, 15) is 0 Å². The Kier molecular flexibility index (Phi) is 7.76. The van der Waals surface area contributed by atoms with Gasteiger partial charge in [0.05, 0.1) is 0 Å². The molecule has 0 spiro atoms. The molecule has 0 saturated carbocycles. The largest absolute Gasteiger partial charge is 0.319 e. The van der Waals surface area contributed by atoms with Crippen LogP contribution in [0.4, 0.5) is 0 Å². The lowest BCUT2D eigenvalue weighted by atomic mass is 10.0. The average molecular weight is 262 g/mol. The lowest BCUT2D eigenvalue weighted by Gasteiger charge is -2.15. The minimum Gasteiger partial charge on any atom is -0.319 e. The maximum atomic E-state index is 3.56. The lowest BCUT2D eigenvalue weighted by Crippen LogP contribution is -2.29. The zero-order chi connectivity index (χ0) is 14.1. The Bertz CT molecular complexity index is 330. The molecule has 1 unspecified atom stereocenters. The van der Waals surface area contributed by atoms with Crippen molar-refractivity contribution >= 4 is 0 Å². The first-order valence-electron chi connectivity index (χ1n) is 7.58. The predicted molar refractivity (Wildman–Crippen MR) is 84.4 cm³/mol. The molecule has 0 fully saturated rings. The van der Waals surface area contributed by atoms with Crippen LogP contribution in [0.25, 0.3) is 0 Å². The highest BCUT2D eigenvalue weighted by molar-refractivity contribution is 5.22. The van der Waals surface area contributed by atoms with Gasteiger partial charge in [-0.1, -0.05) is 51.5 Å². The molecule has 0 radical (unpaired) electrons. The summed E-state index contributed by atoms with van der Waals surface area (Å²) in [6.45, 7) is 9.94. The molecule has 0 aliphatic rings. The summed E-state index contributed by atoms with van der Waals surface area (Å²) >= 11 is 0. The van der Waals surface area contributed by atoms with Crippen molar-refractivity contribution in [1.82, 2.24) is 10.6 Å². The zero-order valence-corrected chi connectivity index (χ0v) is 13.0. The van der Waals surface area contributed by atoms with Gasteiger partial charge in [0.25, 0.3) is 0 Å². The molecule has 0 aliphatic heterocycles. The highest BCUT2D eigenvalue weighted by Gasteiger charge is 2.04. The van der Waals surface area contributed by atoms with Crippen LogP contribution in [0.1, 0.15) is 38.3 Å². The molecule has 2 nitrogen and oxygen atoms in total. The van der Waals surface area contributed by atoms with Crippen molar-refractivity contribution in [3.8, 4) is 0 Å². The molecular formula is C17H30N2. The van der Waals surface area contributed by atoms with Crippen LogP contribution in [0.15, 0.2) is 24.3 Å². The number of rotatable bonds is 9. The third-order valence-electron chi connectivity index (χ3n) is 3.50. The third-order valence-corrected chi connectivity index (χ3v) is 3.50. The van der Waals surface area contributed by atoms with Gasteiger partial charge in [0, 0.05) is 6.54 Å². The summed E-state index contributed by atoms with van der Waals surface area (Å²) in [6, 6.07) is 9.04. The van der Waals surface area contributed by atoms with E-state index in [4.69, 9.17) is 0 Å². The molecule has 0 bridgehead atoms. The topological polar surface area (TPSA) is 24.1 Å². The van der Waals surface area contributed by atoms with Crippen LogP contribution < -0.4 is 10.6 Å². The quantitative estimate of drug-likeness (QED) is 0.714. The fourth-order valence-corrected chi connectivity index (χ4v) is 2.33. The Morgan fingerprint density at radius 1 is 1.00 bits per heavy atom. The van der Waals surface area contributed by atoms with Gasteiger partial charge in [-0.25, -0.2) is 0 Å². The fraction of sp³-hybridized carbons (Fsp3) is 0.647. The van der Waals surface area contributed by atoms with Crippen molar-refractivity contribution in [3.05, 3.63) is 35.4 Å². The summed E-state index contributed by atoms with van der Waals surface area (Å²) in [5.74, 6) is 1.46. The van der Waals surface area contributed by atoms with Gasteiger partial charge < -0.3 is 10.6 Å². The van der Waals surface area contributed by atoms with E-state index in [0.717, 1.165) is 31.5 Å². The van der Waals surface area contributed by atoms with Gasteiger partial charge in [0.1, 0.15) is 0 Å². The number of hydrogen-bond donors (Lipinski definition) is 2. The molecule has 1 rings (SSSR count). The van der Waals surface area contributed by atoms with Crippen LogP contribution in [0.5, 0.6) is 0 Å². The molecule has 2 N–H and O–H groups in total. The molecule has 1 aromatic rings. The molecule has 0 saturated heterocycles. The molecule has 0 aliphatic carbocycles. The Labute approximate surface area is 119 Å². The van der Waals surface area contributed by atoms with E-state index in [0.29, 0.717) is 0 Å². The molecule has 0 amide bonds. The van der Waals surface area contributed by atoms with Crippen molar-refractivity contribution in [1.29, 1.82) is 0 Å². The summed E-state index contributed by atoms with van der Waals surface area (Å²) in [5, 5.41) is 6.81. The molecule has 0 heterocycles. The first-order valence-corrected chi connectivity index (χ1v) is 7.58. The zero-order valence-electron chi connectivity index (χ0n) is 13.0. The van der Waals surface area contributed by atoms with E-state index in [-0.39, 0.29) is 0 Å². The standard InChI is InChI=1S/C17H30N2/c1-5-15(11-18-4)12-19-13-17-8-6-16(7-9-17)10-14(2)3/h6-9,14-15,18-19H,5,10-13H2,1-4H3. The van der Waals surface area contributed by atoms with E-state index in [1.807, 2.05) is 7.05 Å². The molecule has 2 heteroatoms. The van der Waals surface area contributed by atoms with E-state index in [1.165, 1.54) is 24.0 Å². The van der Waals surface area contributed by atoms with Crippen LogP contribution in [0, 0.1) is 11.8 Å². The first kappa shape index (κ1) is 16.2. The van der Waals surface area contributed by atoms with Crippen molar-refractivity contribution in [2.45, 2.75) is 40.2 Å². The smallest absolute Gasteiger partial charge is 0.0205 e. The van der Waals surface area contributed by atoms with Crippen LogP contribution in [-0.2, 0) is 13.0 Å². The van der Waals surface area contributed by atoms with Gasteiger partial charge >= 0.3 is 0 Å². The Morgan fingerprint density at radius 3 is 2.16 bits per heavy atom. The number of hydrogen-bond acceptors (Lipinski definition) is 2. The molecule has 1 atom stereocenters. The second kappa shape index (κ2) is 9.11. The third kappa shape index (κ3) is 6.74. The van der Waals surface area contributed by atoms with Crippen LogP contribution in [0.3, 0.4) is 0 Å². The minimum atomic E-state index is 0.727. The van der Waals surface area contributed by atoms with Crippen molar-refractivity contribution in [2.24, 2.45) is 11.8 Å². The van der Waals surface area contributed by atoms with Crippen LogP contribution in [0.2, 0.25) is 0 Å². The van der Waals surface area contributed by atoms with Gasteiger partial charge in [-0.3, -0.25) is 0 Å². The first-order chi connectivity index (χ1) is 9.15. The Hall–Kier alpha value is -0.860. The highest BCUT2D eigenvalue weighted by Crippen LogP contribution is 2.10. The highest BCUT2D eigenvalue weighted by atomic mass is 14.9. The Balaban J connectivity index is 2.33. The van der Waals surface area contributed by atoms with Crippen molar-refractivity contribution < 1.29 is 0 Å². The molecular weight excluding hydrogens is 232 g/mol. The Morgan fingerprint density at radius 2 is 1.63 bits per heavy atom. The summed E-state index contributed by atoms with van der Waals surface area (Å²) in [6.07, 6.45) is 2.40. The number of benzene rings is 1. The van der Waals surface area contributed by atoms with Crippen molar-refractivity contribution in [3.63, 3.8) is 0 Å². The summed E-state index contributed by atoms with van der Waals surface area (Å²) < 4.78 is 0. The monoisotopic (exact) mass is 262 g/mol. The molecule has 0 aromatic heterocycles. The maximum Gasteiger partial charge on any atom is 0.0205 e. The summed E-state index contributed by atoms with van der Waals surface area (Å²) in [7, 11) is 2.02. The number of nitrogens with one attached hydrogen (secondary N) is 2. The second-order valence-electron chi connectivity index (χ2n) is 5.88. The van der Waals surface area contributed by atoms with Gasteiger partial charge in [0.15, 0.2) is 0 Å². The van der Waals surface area contributed by atoms with Gasteiger partial charge in [-0.15, -0.1) is 0 Å². The SMILES string of the molecule is CCC(CNC)CNCc1ccc(CC(C)C)cc1. The molecule has 19 heavy (non-hydrogen) atoms. The lowest BCUT2D eigenvalue weighted by molar-refractivity contribution is 0.445. The van der Waals surface area contributed by atoms with Crippen LogP contribution >= 0.6 is 0 Å². The van der Waals surface area contributed by atoms with Gasteiger partial charge in [-0.2, -0.15) is 0 Å². The van der Waals surface area contributed by atoms with E-state index >= 15 is 0 Å². The van der Waals surface area contributed by atoms with Gasteiger partial charge in [-0.05, 0) is 49.5 Å². The van der Waals surface area contributed by atoms with Gasteiger partial charge in [0.2, 0.25) is 0 Å². The normalized spacial score (nSPS) is 12.9. The van der Waals surface area contributed by atoms with E-state index in [2.05, 4.69) is 55.7 Å². The van der Waals surface area contributed by atoms with E-state index < -0.39 is 0 Å².